The molecule has 1 aliphatic heterocycles. The lowest BCUT2D eigenvalue weighted by atomic mass is 9.96. The molecule has 1 aliphatic rings. The molecule has 0 bridgehead atoms. The highest BCUT2D eigenvalue weighted by Gasteiger charge is 2.34. The lowest BCUT2D eigenvalue weighted by Crippen LogP contribution is -2.40. The molecule has 0 N–H and O–H groups in total. The first-order chi connectivity index (χ1) is 20.6. The number of rotatable bonds is 8. The number of esters is 1. The fraction of sp³-hybridized carbons (Fsp3) is 0.194. The third kappa shape index (κ3) is 6.51. The van der Waals surface area contributed by atoms with Gasteiger partial charge in [0.15, 0.2) is 16.3 Å². The van der Waals surface area contributed by atoms with Crippen molar-refractivity contribution in [3.63, 3.8) is 0 Å². The second-order valence-electron chi connectivity index (χ2n) is 9.37. The summed E-state index contributed by atoms with van der Waals surface area (Å²) in [6, 6.07) is 15.2. The molecule has 0 spiro atoms. The standard InChI is InChI=1S/C31H24Cl3IN2O5S/c1-4-41-30(39)26-16(2)36-31-37(27(26)21-7-5-6-8-22(21)33)29(38)25(43-31)12-18-11-20(35)14-24(40-3)28(18)42-15-17-9-10-19(32)13-23(17)34/h5-14,27H,4,15H2,1-3H3/b25-12-/t27-/m1/s1. The third-order valence-corrected chi connectivity index (χ3v) is 9.20. The number of ether oxygens (including phenoxy) is 3. The molecule has 1 atom stereocenters. The maximum absolute atomic E-state index is 14.1. The summed E-state index contributed by atoms with van der Waals surface area (Å²) in [5.41, 5.74) is 2.32. The van der Waals surface area contributed by atoms with Gasteiger partial charge in [-0.05, 0) is 78.4 Å². The van der Waals surface area contributed by atoms with E-state index in [0.29, 0.717) is 52.7 Å². The Hall–Kier alpha value is -2.83. The van der Waals surface area contributed by atoms with Gasteiger partial charge < -0.3 is 14.2 Å². The summed E-state index contributed by atoms with van der Waals surface area (Å²) in [4.78, 5) is 32.3. The molecule has 43 heavy (non-hydrogen) atoms. The molecule has 1 aromatic heterocycles. The van der Waals surface area contributed by atoms with E-state index >= 15 is 0 Å². The molecule has 0 unspecified atom stereocenters. The topological polar surface area (TPSA) is 79.1 Å². The summed E-state index contributed by atoms with van der Waals surface area (Å²) >= 11 is 22.4. The fourth-order valence-corrected chi connectivity index (χ4v) is 7.07. The average molecular weight is 770 g/mol. The SMILES string of the molecule is CCOC(=O)C1=C(C)N=c2s/c(=C\c3cc(I)cc(OC)c3OCc3ccc(Cl)cc3Cl)c(=O)n2[C@@H]1c1ccccc1Cl. The molecule has 12 heteroatoms. The van der Waals surface area contributed by atoms with Gasteiger partial charge in [-0.15, -0.1) is 0 Å². The van der Waals surface area contributed by atoms with Gasteiger partial charge in [-0.1, -0.05) is 70.4 Å². The van der Waals surface area contributed by atoms with Crippen LogP contribution < -0.4 is 24.4 Å². The summed E-state index contributed by atoms with van der Waals surface area (Å²) in [5, 5.41) is 1.41. The lowest BCUT2D eigenvalue weighted by molar-refractivity contribution is -0.139. The Morgan fingerprint density at radius 3 is 2.58 bits per heavy atom. The Morgan fingerprint density at radius 1 is 1.12 bits per heavy atom. The molecule has 0 fully saturated rings. The van der Waals surface area contributed by atoms with Crippen LogP contribution in [-0.4, -0.2) is 24.3 Å². The molecular weight excluding hydrogens is 746 g/mol. The number of thiazole rings is 1. The summed E-state index contributed by atoms with van der Waals surface area (Å²) in [6.45, 7) is 3.77. The van der Waals surface area contributed by atoms with Crippen LogP contribution in [0.2, 0.25) is 15.1 Å². The van der Waals surface area contributed by atoms with E-state index in [4.69, 9.17) is 49.0 Å². The van der Waals surface area contributed by atoms with Gasteiger partial charge in [0.2, 0.25) is 0 Å². The Bertz CT molecular complexity index is 1950. The van der Waals surface area contributed by atoms with Crippen LogP contribution in [0.3, 0.4) is 0 Å². The monoisotopic (exact) mass is 768 g/mol. The van der Waals surface area contributed by atoms with Gasteiger partial charge >= 0.3 is 5.97 Å². The molecule has 5 rings (SSSR count). The van der Waals surface area contributed by atoms with Crippen LogP contribution in [0.4, 0.5) is 0 Å². The zero-order valence-electron chi connectivity index (χ0n) is 23.1. The second-order valence-corrected chi connectivity index (χ2v) is 12.9. The number of methoxy groups -OCH3 is 1. The first kappa shape index (κ1) is 31.6. The van der Waals surface area contributed by atoms with E-state index in [-0.39, 0.29) is 24.3 Å². The van der Waals surface area contributed by atoms with Gasteiger partial charge in [0.05, 0.1) is 29.5 Å². The molecule has 0 radical (unpaired) electrons. The first-order valence-corrected chi connectivity index (χ1v) is 16.0. The lowest BCUT2D eigenvalue weighted by Gasteiger charge is -2.25. The zero-order chi connectivity index (χ0) is 30.8. The van der Waals surface area contributed by atoms with Gasteiger partial charge in [0.25, 0.3) is 5.56 Å². The van der Waals surface area contributed by atoms with Gasteiger partial charge in [-0.2, -0.15) is 0 Å². The van der Waals surface area contributed by atoms with E-state index < -0.39 is 12.0 Å². The summed E-state index contributed by atoms with van der Waals surface area (Å²) in [5.74, 6) is 0.373. The molecule has 0 aliphatic carbocycles. The smallest absolute Gasteiger partial charge is 0.338 e. The quantitative estimate of drug-likeness (QED) is 0.143. The van der Waals surface area contributed by atoms with Crippen LogP contribution >= 0.6 is 68.7 Å². The van der Waals surface area contributed by atoms with Crippen molar-refractivity contribution in [3.05, 3.63) is 121 Å². The number of fused-ring (bicyclic) bond motifs is 1. The Labute approximate surface area is 280 Å². The Balaban J connectivity index is 1.67. The molecule has 0 saturated carbocycles. The normalized spacial score (nSPS) is 14.8. The number of carbonyl (C=O) groups is 1. The third-order valence-electron chi connectivity index (χ3n) is 6.66. The minimum atomic E-state index is -0.820. The van der Waals surface area contributed by atoms with Gasteiger partial charge in [0.1, 0.15) is 12.6 Å². The van der Waals surface area contributed by atoms with Crippen LogP contribution in [0.25, 0.3) is 6.08 Å². The number of hydrogen-bond donors (Lipinski definition) is 0. The fourth-order valence-electron chi connectivity index (χ4n) is 4.71. The number of nitrogens with zero attached hydrogens (tertiary/aromatic N) is 2. The molecule has 222 valence electrons. The number of aromatic nitrogens is 1. The summed E-state index contributed by atoms with van der Waals surface area (Å²) < 4.78 is 20.0. The van der Waals surface area contributed by atoms with Crippen LogP contribution in [0, 0.1) is 3.57 Å². The average Bonchev–Trinajstić information content (AvgIpc) is 3.26. The van der Waals surface area contributed by atoms with E-state index in [0.717, 1.165) is 9.13 Å². The first-order valence-electron chi connectivity index (χ1n) is 13.0. The Morgan fingerprint density at radius 2 is 1.88 bits per heavy atom. The van der Waals surface area contributed by atoms with Crippen molar-refractivity contribution in [2.24, 2.45) is 4.99 Å². The van der Waals surface area contributed by atoms with Crippen molar-refractivity contribution in [1.82, 2.24) is 4.57 Å². The van der Waals surface area contributed by atoms with Crippen LogP contribution in [0.1, 0.15) is 36.6 Å². The number of hydrogen-bond acceptors (Lipinski definition) is 7. The molecule has 2 heterocycles. The van der Waals surface area contributed by atoms with E-state index in [1.165, 1.54) is 15.9 Å². The maximum Gasteiger partial charge on any atom is 0.338 e. The summed E-state index contributed by atoms with van der Waals surface area (Å²) in [7, 11) is 1.55. The van der Waals surface area contributed by atoms with Crippen molar-refractivity contribution in [3.8, 4) is 11.5 Å². The largest absolute Gasteiger partial charge is 0.493 e. The van der Waals surface area contributed by atoms with Crippen molar-refractivity contribution in [2.45, 2.75) is 26.5 Å². The van der Waals surface area contributed by atoms with Gasteiger partial charge in [-0.3, -0.25) is 9.36 Å². The minimum absolute atomic E-state index is 0.143. The number of carbonyl (C=O) groups excluding carboxylic acids is 1. The molecule has 0 saturated heterocycles. The number of allylic oxidation sites excluding steroid dienone is 1. The van der Waals surface area contributed by atoms with Crippen molar-refractivity contribution in [1.29, 1.82) is 0 Å². The number of halogens is 4. The van der Waals surface area contributed by atoms with Crippen molar-refractivity contribution in [2.75, 3.05) is 13.7 Å². The zero-order valence-corrected chi connectivity index (χ0v) is 28.4. The van der Waals surface area contributed by atoms with Crippen molar-refractivity contribution >= 4 is 80.8 Å². The van der Waals surface area contributed by atoms with E-state index in [9.17, 15) is 9.59 Å². The highest BCUT2D eigenvalue weighted by molar-refractivity contribution is 14.1. The van der Waals surface area contributed by atoms with Crippen LogP contribution in [-0.2, 0) is 16.1 Å². The predicted molar refractivity (Wildman–Crippen MR) is 178 cm³/mol. The highest BCUT2D eigenvalue weighted by atomic mass is 127. The minimum Gasteiger partial charge on any atom is -0.493 e. The van der Waals surface area contributed by atoms with Gasteiger partial charge in [0, 0.05) is 29.8 Å². The van der Waals surface area contributed by atoms with E-state index in [2.05, 4.69) is 27.6 Å². The highest BCUT2D eigenvalue weighted by Crippen LogP contribution is 2.36. The molecule has 4 aromatic rings. The van der Waals surface area contributed by atoms with Crippen LogP contribution in [0.15, 0.2) is 75.7 Å². The van der Waals surface area contributed by atoms with E-state index in [1.807, 2.05) is 18.2 Å². The molecular formula is C31H24Cl3IN2O5S. The van der Waals surface area contributed by atoms with Gasteiger partial charge in [-0.25, -0.2) is 9.79 Å². The predicted octanol–water partition coefficient (Wildman–Crippen LogP) is 6.95. The van der Waals surface area contributed by atoms with E-state index in [1.54, 1.807) is 63.4 Å². The van der Waals surface area contributed by atoms with Crippen molar-refractivity contribution < 1.29 is 19.0 Å². The van der Waals surface area contributed by atoms with Crippen LogP contribution in [0.5, 0.6) is 11.5 Å². The maximum atomic E-state index is 14.1. The number of benzene rings is 3. The second kappa shape index (κ2) is 13.4. The molecule has 3 aromatic carbocycles. The summed E-state index contributed by atoms with van der Waals surface area (Å²) in [6.07, 6.45) is 1.74. The Kier molecular flexibility index (Phi) is 9.87. The molecule has 7 nitrogen and oxygen atoms in total. The molecule has 0 amide bonds.